The Kier molecular flexibility index (Phi) is 10.7. The zero-order valence-corrected chi connectivity index (χ0v) is 23.2. The molecule has 0 fully saturated rings. The van der Waals surface area contributed by atoms with Crippen molar-refractivity contribution in [2.45, 2.75) is 46.2 Å². The number of halogens is 3. The van der Waals surface area contributed by atoms with Crippen molar-refractivity contribution in [2.24, 2.45) is 0 Å². The summed E-state index contributed by atoms with van der Waals surface area (Å²) in [7, 11) is -3.85. The van der Waals surface area contributed by atoms with Gasteiger partial charge in [-0.3, -0.25) is 13.9 Å². The summed E-state index contributed by atoms with van der Waals surface area (Å²) in [5.41, 5.74) is 1.60. The fraction of sp³-hybridized carbons (Fsp3) is 0.417. The van der Waals surface area contributed by atoms with Crippen LogP contribution in [0, 0.1) is 6.92 Å². The second-order valence-corrected chi connectivity index (χ2v) is 11.3. The van der Waals surface area contributed by atoms with Crippen LogP contribution in [0.15, 0.2) is 36.4 Å². The molecule has 0 unspecified atom stereocenters. The number of hydrogen-bond donors (Lipinski definition) is 1. The zero-order valence-electron chi connectivity index (χ0n) is 20.1. The highest BCUT2D eigenvalue weighted by molar-refractivity contribution is 7.92. The molecule has 0 spiro atoms. The summed E-state index contributed by atoms with van der Waals surface area (Å²) >= 11 is 18.6. The Balaban J connectivity index is 2.48. The Morgan fingerprint density at radius 2 is 1.71 bits per heavy atom. The van der Waals surface area contributed by atoms with E-state index < -0.39 is 28.5 Å². The summed E-state index contributed by atoms with van der Waals surface area (Å²) < 4.78 is 26.3. The lowest BCUT2D eigenvalue weighted by Crippen LogP contribution is -2.52. The van der Waals surface area contributed by atoms with E-state index in [-0.39, 0.29) is 18.1 Å². The van der Waals surface area contributed by atoms with Gasteiger partial charge < -0.3 is 10.2 Å². The lowest BCUT2D eigenvalue weighted by molar-refractivity contribution is -0.140. The molecule has 0 bridgehead atoms. The molecule has 2 aromatic carbocycles. The number of carbonyl (C=O) groups is 2. The SMILES string of the molecule is CCCNC(=O)[C@@H](CC)N(Cc1ccc(Cl)cc1Cl)C(=O)CN(c1ccc(C)c(Cl)c1)S(C)(=O)=O. The first-order chi connectivity index (χ1) is 16.4. The number of aryl methyl sites for hydroxylation is 1. The molecule has 2 rings (SSSR count). The number of sulfonamides is 1. The molecule has 2 amide bonds. The third kappa shape index (κ3) is 8.00. The first kappa shape index (κ1) is 29.2. The largest absolute Gasteiger partial charge is 0.354 e. The minimum absolute atomic E-state index is 0.000850. The first-order valence-corrected chi connectivity index (χ1v) is 14.1. The Bertz CT molecular complexity index is 1170. The molecular formula is C24H30Cl3N3O4S. The van der Waals surface area contributed by atoms with E-state index >= 15 is 0 Å². The Morgan fingerprint density at radius 3 is 2.26 bits per heavy atom. The van der Waals surface area contributed by atoms with Crippen LogP contribution in [0.2, 0.25) is 15.1 Å². The number of carbonyl (C=O) groups excluding carboxylic acids is 2. The predicted molar refractivity (Wildman–Crippen MR) is 143 cm³/mol. The van der Waals surface area contributed by atoms with Crippen LogP contribution < -0.4 is 9.62 Å². The molecule has 0 aliphatic rings. The molecule has 35 heavy (non-hydrogen) atoms. The maximum Gasteiger partial charge on any atom is 0.244 e. The van der Waals surface area contributed by atoms with Crippen molar-refractivity contribution >= 4 is 62.3 Å². The third-order valence-corrected chi connectivity index (χ3v) is 7.55. The molecular weight excluding hydrogens is 533 g/mol. The van der Waals surface area contributed by atoms with Crippen molar-refractivity contribution in [3.8, 4) is 0 Å². The highest BCUT2D eigenvalue weighted by Crippen LogP contribution is 2.27. The number of benzene rings is 2. The number of rotatable bonds is 11. The van der Waals surface area contributed by atoms with Crippen LogP contribution in [0.1, 0.15) is 37.8 Å². The van der Waals surface area contributed by atoms with E-state index in [9.17, 15) is 18.0 Å². The van der Waals surface area contributed by atoms with Gasteiger partial charge in [0, 0.05) is 28.2 Å². The predicted octanol–water partition coefficient (Wildman–Crippen LogP) is 5.05. The van der Waals surface area contributed by atoms with Crippen molar-refractivity contribution in [1.82, 2.24) is 10.2 Å². The van der Waals surface area contributed by atoms with Gasteiger partial charge in [0.2, 0.25) is 21.8 Å². The van der Waals surface area contributed by atoms with Crippen molar-refractivity contribution in [1.29, 1.82) is 0 Å². The Morgan fingerprint density at radius 1 is 1.03 bits per heavy atom. The summed E-state index contributed by atoms with van der Waals surface area (Å²) in [6, 6.07) is 8.80. The molecule has 0 aromatic heterocycles. The molecule has 0 saturated carbocycles. The summed E-state index contributed by atoms with van der Waals surface area (Å²) in [6.45, 7) is 5.44. The van der Waals surface area contributed by atoms with Gasteiger partial charge in [0.1, 0.15) is 12.6 Å². The maximum absolute atomic E-state index is 13.6. The van der Waals surface area contributed by atoms with Crippen LogP contribution in [-0.4, -0.2) is 50.5 Å². The molecule has 192 valence electrons. The van der Waals surface area contributed by atoms with Crippen molar-refractivity contribution in [3.05, 3.63) is 62.6 Å². The number of nitrogens with one attached hydrogen (secondary N) is 1. The van der Waals surface area contributed by atoms with Crippen molar-refractivity contribution in [3.63, 3.8) is 0 Å². The highest BCUT2D eigenvalue weighted by Gasteiger charge is 2.32. The quantitative estimate of drug-likeness (QED) is 0.415. The highest BCUT2D eigenvalue weighted by atomic mass is 35.5. The maximum atomic E-state index is 13.6. The van der Waals surface area contributed by atoms with E-state index in [2.05, 4.69) is 5.32 Å². The van der Waals surface area contributed by atoms with Crippen molar-refractivity contribution in [2.75, 3.05) is 23.7 Å². The molecule has 0 aliphatic heterocycles. The Labute approximate surface area is 222 Å². The van der Waals surface area contributed by atoms with E-state index in [1.54, 1.807) is 44.2 Å². The minimum atomic E-state index is -3.85. The average molecular weight is 563 g/mol. The second kappa shape index (κ2) is 12.8. The fourth-order valence-corrected chi connectivity index (χ4v) is 4.95. The minimum Gasteiger partial charge on any atom is -0.354 e. The smallest absolute Gasteiger partial charge is 0.244 e. The van der Waals surface area contributed by atoms with E-state index in [0.29, 0.717) is 33.6 Å². The summed E-state index contributed by atoms with van der Waals surface area (Å²) in [6.07, 6.45) is 2.07. The fourth-order valence-electron chi connectivity index (χ4n) is 3.47. The van der Waals surface area contributed by atoms with Crippen LogP contribution in [0.25, 0.3) is 0 Å². The third-order valence-electron chi connectivity index (χ3n) is 5.41. The van der Waals surface area contributed by atoms with Gasteiger partial charge in [-0.15, -0.1) is 0 Å². The normalized spacial score (nSPS) is 12.2. The van der Waals surface area contributed by atoms with Crippen LogP contribution in [-0.2, 0) is 26.2 Å². The molecule has 2 aromatic rings. The van der Waals surface area contributed by atoms with Gasteiger partial charge in [0.15, 0.2) is 0 Å². The standard InChI is InChI=1S/C24H30Cl3N3O4S/c1-5-11-28-24(32)22(6-2)29(14-17-8-9-18(25)12-21(17)27)23(31)15-30(35(4,33)34)19-10-7-16(3)20(26)13-19/h7-10,12-13,22H,5-6,11,14-15H2,1-4H3,(H,28,32)/t22-/m1/s1. The number of hydrogen-bond acceptors (Lipinski definition) is 4. The van der Waals surface area contributed by atoms with Gasteiger partial charge in [-0.1, -0.05) is 60.8 Å². The monoisotopic (exact) mass is 561 g/mol. The Hall–Kier alpha value is -2.00. The summed E-state index contributed by atoms with van der Waals surface area (Å²) in [4.78, 5) is 27.9. The first-order valence-electron chi connectivity index (χ1n) is 11.1. The van der Waals surface area contributed by atoms with Gasteiger partial charge in [0.25, 0.3) is 0 Å². The van der Waals surface area contributed by atoms with E-state index in [4.69, 9.17) is 34.8 Å². The van der Waals surface area contributed by atoms with Gasteiger partial charge in [-0.2, -0.15) is 0 Å². The van der Waals surface area contributed by atoms with Crippen LogP contribution in [0.3, 0.4) is 0 Å². The lowest BCUT2D eigenvalue weighted by Gasteiger charge is -2.33. The van der Waals surface area contributed by atoms with Gasteiger partial charge in [-0.25, -0.2) is 8.42 Å². The molecule has 0 saturated heterocycles. The molecule has 0 radical (unpaired) electrons. The van der Waals surface area contributed by atoms with Crippen LogP contribution in [0.4, 0.5) is 5.69 Å². The van der Waals surface area contributed by atoms with Crippen LogP contribution in [0.5, 0.6) is 0 Å². The number of anilines is 1. The molecule has 1 atom stereocenters. The van der Waals surface area contributed by atoms with Gasteiger partial charge >= 0.3 is 0 Å². The number of amides is 2. The summed E-state index contributed by atoms with van der Waals surface area (Å²) in [5, 5.41) is 3.97. The van der Waals surface area contributed by atoms with E-state index in [1.165, 1.54) is 11.0 Å². The molecule has 1 N–H and O–H groups in total. The summed E-state index contributed by atoms with van der Waals surface area (Å²) in [5.74, 6) is -0.881. The number of nitrogens with zero attached hydrogens (tertiary/aromatic N) is 2. The van der Waals surface area contributed by atoms with E-state index in [0.717, 1.165) is 22.5 Å². The zero-order chi connectivity index (χ0) is 26.3. The van der Waals surface area contributed by atoms with Gasteiger partial charge in [-0.05, 0) is 55.2 Å². The average Bonchev–Trinajstić information content (AvgIpc) is 2.78. The topological polar surface area (TPSA) is 86.8 Å². The van der Waals surface area contributed by atoms with Crippen molar-refractivity contribution < 1.29 is 18.0 Å². The molecule has 11 heteroatoms. The molecule has 0 heterocycles. The van der Waals surface area contributed by atoms with Crippen LogP contribution >= 0.6 is 34.8 Å². The van der Waals surface area contributed by atoms with E-state index in [1.807, 2.05) is 6.92 Å². The molecule has 0 aliphatic carbocycles. The molecule has 7 nitrogen and oxygen atoms in total. The lowest BCUT2D eigenvalue weighted by atomic mass is 10.1. The van der Waals surface area contributed by atoms with Gasteiger partial charge in [0.05, 0.1) is 11.9 Å². The second-order valence-electron chi connectivity index (χ2n) is 8.18.